The van der Waals surface area contributed by atoms with E-state index in [1.54, 1.807) is 28.6 Å². The number of benzene rings is 2. The van der Waals surface area contributed by atoms with Crippen LogP contribution in [0.1, 0.15) is 36.3 Å². The predicted molar refractivity (Wildman–Crippen MR) is 116 cm³/mol. The first kappa shape index (κ1) is 19.1. The van der Waals surface area contributed by atoms with E-state index in [0.29, 0.717) is 23.4 Å². The molecule has 29 heavy (non-hydrogen) atoms. The molecule has 5 rings (SSSR count). The first-order valence-corrected chi connectivity index (χ1v) is 12.2. The SMILES string of the molecule is O=S(=O)(c1ccccc1)N1CCc2cc([C@@H]3C[C@H]3NCC3CCNCC3)ccc21. The Bertz CT molecular complexity index is 971. The minimum absolute atomic E-state index is 0.362. The molecule has 154 valence electrons. The van der Waals surface area contributed by atoms with Crippen molar-refractivity contribution in [2.75, 3.05) is 30.5 Å². The quantitative estimate of drug-likeness (QED) is 0.767. The Morgan fingerprint density at radius 2 is 1.86 bits per heavy atom. The van der Waals surface area contributed by atoms with Crippen molar-refractivity contribution in [2.45, 2.75) is 42.5 Å². The normalized spacial score (nSPS) is 24.5. The van der Waals surface area contributed by atoms with Gasteiger partial charge in [-0.2, -0.15) is 0 Å². The molecule has 2 heterocycles. The van der Waals surface area contributed by atoms with Gasteiger partial charge in [-0.1, -0.05) is 30.3 Å². The zero-order chi connectivity index (χ0) is 19.8. The summed E-state index contributed by atoms with van der Waals surface area (Å²) in [5.41, 5.74) is 3.36. The number of sulfonamides is 1. The van der Waals surface area contributed by atoms with E-state index in [4.69, 9.17) is 0 Å². The van der Waals surface area contributed by atoms with Gasteiger partial charge in [0, 0.05) is 18.5 Å². The molecule has 2 aromatic rings. The molecule has 1 saturated heterocycles. The van der Waals surface area contributed by atoms with Crippen LogP contribution in [0.25, 0.3) is 0 Å². The number of piperidine rings is 1. The van der Waals surface area contributed by atoms with Gasteiger partial charge in [0.25, 0.3) is 10.0 Å². The van der Waals surface area contributed by atoms with Crippen molar-refractivity contribution in [2.24, 2.45) is 5.92 Å². The largest absolute Gasteiger partial charge is 0.317 e. The maximum Gasteiger partial charge on any atom is 0.264 e. The molecule has 0 spiro atoms. The third-order valence-electron chi connectivity index (χ3n) is 6.63. The van der Waals surface area contributed by atoms with Crippen LogP contribution >= 0.6 is 0 Å². The van der Waals surface area contributed by atoms with Crippen molar-refractivity contribution in [3.63, 3.8) is 0 Å². The van der Waals surface area contributed by atoms with E-state index in [1.165, 1.54) is 24.8 Å². The number of rotatable bonds is 6. The summed E-state index contributed by atoms with van der Waals surface area (Å²) >= 11 is 0. The molecular weight excluding hydrogens is 382 g/mol. The van der Waals surface area contributed by atoms with Crippen LogP contribution in [0.4, 0.5) is 5.69 Å². The number of nitrogens with zero attached hydrogens (tertiary/aromatic N) is 1. The second-order valence-electron chi connectivity index (χ2n) is 8.58. The minimum Gasteiger partial charge on any atom is -0.317 e. The molecule has 1 saturated carbocycles. The molecule has 0 amide bonds. The maximum atomic E-state index is 13.0. The van der Waals surface area contributed by atoms with Crippen molar-refractivity contribution in [1.82, 2.24) is 10.6 Å². The number of fused-ring (bicyclic) bond motifs is 1. The topological polar surface area (TPSA) is 61.4 Å². The Kier molecular flexibility index (Phi) is 5.10. The van der Waals surface area contributed by atoms with Crippen LogP contribution in [0.2, 0.25) is 0 Å². The average molecular weight is 412 g/mol. The summed E-state index contributed by atoms with van der Waals surface area (Å²) in [4.78, 5) is 0.362. The summed E-state index contributed by atoms with van der Waals surface area (Å²) in [6, 6.07) is 15.7. The number of hydrogen-bond donors (Lipinski definition) is 2. The number of hydrogen-bond acceptors (Lipinski definition) is 4. The summed E-state index contributed by atoms with van der Waals surface area (Å²) < 4.78 is 27.6. The van der Waals surface area contributed by atoms with Gasteiger partial charge < -0.3 is 10.6 Å². The Morgan fingerprint density at radius 3 is 2.66 bits per heavy atom. The van der Waals surface area contributed by atoms with Gasteiger partial charge in [0.2, 0.25) is 0 Å². The van der Waals surface area contributed by atoms with E-state index in [1.807, 2.05) is 12.1 Å². The van der Waals surface area contributed by atoms with E-state index < -0.39 is 10.0 Å². The van der Waals surface area contributed by atoms with Crippen molar-refractivity contribution < 1.29 is 8.42 Å². The maximum absolute atomic E-state index is 13.0. The monoisotopic (exact) mass is 411 g/mol. The van der Waals surface area contributed by atoms with E-state index in [9.17, 15) is 8.42 Å². The average Bonchev–Trinajstić information content (AvgIpc) is 3.41. The van der Waals surface area contributed by atoms with E-state index in [0.717, 1.165) is 43.2 Å². The molecule has 0 radical (unpaired) electrons. The molecule has 0 aromatic heterocycles. The molecule has 1 aliphatic carbocycles. The summed E-state index contributed by atoms with van der Waals surface area (Å²) in [6.07, 6.45) is 4.52. The number of nitrogens with one attached hydrogen (secondary N) is 2. The molecule has 2 fully saturated rings. The highest BCUT2D eigenvalue weighted by Crippen LogP contribution is 2.43. The molecule has 2 N–H and O–H groups in total. The van der Waals surface area contributed by atoms with Crippen molar-refractivity contribution in [3.8, 4) is 0 Å². The summed E-state index contributed by atoms with van der Waals surface area (Å²) in [5.74, 6) is 1.37. The van der Waals surface area contributed by atoms with Gasteiger partial charge >= 0.3 is 0 Å². The van der Waals surface area contributed by atoms with Gasteiger partial charge in [0.1, 0.15) is 0 Å². The van der Waals surface area contributed by atoms with Gasteiger partial charge in [-0.3, -0.25) is 4.31 Å². The first-order valence-electron chi connectivity index (χ1n) is 10.8. The van der Waals surface area contributed by atoms with Gasteiger partial charge in [-0.05, 0) is 80.6 Å². The molecule has 2 atom stereocenters. The van der Waals surface area contributed by atoms with E-state index >= 15 is 0 Å². The van der Waals surface area contributed by atoms with Crippen LogP contribution in [0.3, 0.4) is 0 Å². The second-order valence-corrected chi connectivity index (χ2v) is 10.4. The van der Waals surface area contributed by atoms with Gasteiger partial charge in [-0.15, -0.1) is 0 Å². The highest BCUT2D eigenvalue weighted by molar-refractivity contribution is 7.92. The summed E-state index contributed by atoms with van der Waals surface area (Å²) in [5, 5.41) is 7.19. The third kappa shape index (κ3) is 3.81. The van der Waals surface area contributed by atoms with E-state index in [-0.39, 0.29) is 0 Å². The predicted octanol–water partition coefficient (Wildman–Crippen LogP) is 2.88. The molecule has 6 heteroatoms. The molecule has 2 aliphatic heterocycles. The smallest absolute Gasteiger partial charge is 0.264 e. The lowest BCUT2D eigenvalue weighted by atomic mass is 9.98. The zero-order valence-corrected chi connectivity index (χ0v) is 17.5. The number of anilines is 1. The summed E-state index contributed by atoms with van der Waals surface area (Å²) in [6.45, 7) is 3.94. The fourth-order valence-electron chi connectivity index (χ4n) is 4.78. The zero-order valence-electron chi connectivity index (χ0n) is 16.7. The van der Waals surface area contributed by atoms with Crippen LogP contribution in [-0.2, 0) is 16.4 Å². The fourth-order valence-corrected chi connectivity index (χ4v) is 6.31. The van der Waals surface area contributed by atoms with Gasteiger partial charge in [-0.25, -0.2) is 8.42 Å². The van der Waals surface area contributed by atoms with Crippen LogP contribution in [0, 0.1) is 5.92 Å². The highest BCUT2D eigenvalue weighted by Gasteiger charge is 2.39. The fraction of sp³-hybridized carbons (Fsp3) is 0.478. The van der Waals surface area contributed by atoms with Gasteiger partial charge in [0.15, 0.2) is 0 Å². The Labute approximate surface area is 173 Å². The van der Waals surface area contributed by atoms with Crippen LogP contribution in [0.5, 0.6) is 0 Å². The Balaban J connectivity index is 1.26. The third-order valence-corrected chi connectivity index (χ3v) is 8.46. The standard InChI is InChI=1S/C23H29N3O2S/c27-29(28,20-4-2-1-3-5-20)26-13-10-19-14-18(6-7-23(19)26)21-15-22(21)25-16-17-8-11-24-12-9-17/h1-7,14,17,21-22,24-25H,8-13,15-16H2/t21-,22+/m0/s1. The molecule has 5 nitrogen and oxygen atoms in total. The molecule has 0 unspecified atom stereocenters. The molecule has 2 aromatic carbocycles. The van der Waals surface area contributed by atoms with Crippen molar-refractivity contribution in [3.05, 3.63) is 59.7 Å². The first-order chi connectivity index (χ1) is 14.1. The van der Waals surface area contributed by atoms with Crippen LogP contribution in [-0.4, -0.2) is 40.6 Å². The minimum atomic E-state index is -3.49. The van der Waals surface area contributed by atoms with Crippen LogP contribution < -0.4 is 14.9 Å². The lowest BCUT2D eigenvalue weighted by molar-refractivity contribution is 0.355. The van der Waals surface area contributed by atoms with Crippen molar-refractivity contribution >= 4 is 15.7 Å². The van der Waals surface area contributed by atoms with Crippen LogP contribution in [0.15, 0.2) is 53.4 Å². The highest BCUT2D eigenvalue weighted by atomic mass is 32.2. The van der Waals surface area contributed by atoms with Gasteiger partial charge in [0.05, 0.1) is 10.6 Å². The summed E-state index contributed by atoms with van der Waals surface area (Å²) in [7, 11) is -3.49. The Morgan fingerprint density at radius 1 is 1.07 bits per heavy atom. The molecule has 3 aliphatic rings. The molecule has 0 bridgehead atoms. The van der Waals surface area contributed by atoms with Crippen molar-refractivity contribution in [1.29, 1.82) is 0 Å². The molecular formula is C23H29N3O2S. The second kappa shape index (κ2) is 7.74. The Hall–Kier alpha value is -1.89. The lowest BCUT2D eigenvalue weighted by Crippen LogP contribution is -2.34. The lowest BCUT2D eigenvalue weighted by Gasteiger charge is -2.23. The van der Waals surface area contributed by atoms with E-state index in [2.05, 4.69) is 22.8 Å².